The van der Waals surface area contributed by atoms with E-state index in [4.69, 9.17) is 10.1 Å². The van der Waals surface area contributed by atoms with E-state index in [1.165, 1.54) is 12.1 Å². The van der Waals surface area contributed by atoms with E-state index in [1.54, 1.807) is 23.5 Å². The van der Waals surface area contributed by atoms with Gasteiger partial charge in [0.15, 0.2) is 5.13 Å². The predicted octanol–water partition coefficient (Wildman–Crippen LogP) is 5.06. The first-order chi connectivity index (χ1) is 13.1. The second kappa shape index (κ2) is 7.48. The quantitative estimate of drug-likeness (QED) is 0.670. The van der Waals surface area contributed by atoms with E-state index in [0.29, 0.717) is 0 Å². The van der Waals surface area contributed by atoms with Crippen molar-refractivity contribution in [2.24, 2.45) is 0 Å². The number of aliphatic carboxylic acids is 1. The first-order valence-electron chi connectivity index (χ1n) is 8.90. The highest BCUT2D eigenvalue weighted by Crippen LogP contribution is 2.33. The Bertz CT molecular complexity index is 938. The van der Waals surface area contributed by atoms with Gasteiger partial charge in [-0.25, -0.2) is 9.37 Å². The third kappa shape index (κ3) is 3.85. The minimum absolute atomic E-state index is 0.0300. The van der Waals surface area contributed by atoms with E-state index >= 15 is 0 Å². The number of halogens is 1. The number of thiazole rings is 1. The predicted molar refractivity (Wildman–Crippen MR) is 106 cm³/mol. The van der Waals surface area contributed by atoms with Gasteiger partial charge in [-0.15, -0.1) is 11.3 Å². The fourth-order valence-electron chi connectivity index (χ4n) is 3.51. The molecule has 0 saturated carbocycles. The molecule has 1 atom stereocenters. The summed E-state index contributed by atoms with van der Waals surface area (Å²) in [6.07, 6.45) is 2.05. The second-order valence-electron chi connectivity index (χ2n) is 6.69. The van der Waals surface area contributed by atoms with Crippen LogP contribution in [0, 0.1) is 5.82 Å². The van der Waals surface area contributed by atoms with Crippen LogP contribution in [-0.4, -0.2) is 28.6 Å². The van der Waals surface area contributed by atoms with Crippen molar-refractivity contribution in [1.29, 1.82) is 0 Å². The van der Waals surface area contributed by atoms with Crippen molar-refractivity contribution in [2.75, 3.05) is 11.4 Å². The Hall–Kier alpha value is -2.73. The van der Waals surface area contributed by atoms with Gasteiger partial charge in [0.25, 0.3) is 0 Å². The number of hydrogen-bond donors (Lipinski definition) is 1. The molecule has 1 unspecified atom stereocenters. The van der Waals surface area contributed by atoms with E-state index in [-0.39, 0.29) is 18.3 Å². The van der Waals surface area contributed by atoms with Gasteiger partial charge >= 0.3 is 5.97 Å². The first kappa shape index (κ1) is 17.7. The lowest BCUT2D eigenvalue weighted by atomic mass is 10.0. The number of nitrogens with zero attached hydrogens (tertiary/aromatic N) is 2. The number of rotatable bonds is 5. The van der Waals surface area contributed by atoms with Gasteiger partial charge < -0.3 is 10.0 Å². The van der Waals surface area contributed by atoms with Gasteiger partial charge in [-0.05, 0) is 36.1 Å². The lowest BCUT2D eigenvalue weighted by Gasteiger charge is -2.22. The molecule has 4 nitrogen and oxygen atoms in total. The van der Waals surface area contributed by atoms with Gasteiger partial charge in [-0.2, -0.15) is 0 Å². The Morgan fingerprint density at radius 2 is 1.74 bits per heavy atom. The van der Waals surface area contributed by atoms with Crippen LogP contribution >= 0.6 is 11.3 Å². The molecule has 1 saturated heterocycles. The van der Waals surface area contributed by atoms with Crippen molar-refractivity contribution in [1.82, 2.24) is 4.98 Å². The Morgan fingerprint density at radius 1 is 1.11 bits per heavy atom. The molecule has 27 heavy (non-hydrogen) atoms. The molecule has 0 aliphatic carbocycles. The minimum Gasteiger partial charge on any atom is -0.481 e. The van der Waals surface area contributed by atoms with E-state index < -0.39 is 5.97 Å². The Balaban J connectivity index is 1.53. The van der Waals surface area contributed by atoms with Crippen LogP contribution in [-0.2, 0) is 4.79 Å². The van der Waals surface area contributed by atoms with Crippen LogP contribution in [0.2, 0.25) is 0 Å². The number of carboxylic acids is 1. The van der Waals surface area contributed by atoms with Gasteiger partial charge in [0.05, 0.1) is 12.1 Å². The van der Waals surface area contributed by atoms with Crippen LogP contribution in [0.15, 0.2) is 53.9 Å². The Labute approximate surface area is 160 Å². The molecule has 138 valence electrons. The van der Waals surface area contributed by atoms with Gasteiger partial charge in [0.1, 0.15) is 5.82 Å². The summed E-state index contributed by atoms with van der Waals surface area (Å²) in [4.78, 5) is 17.9. The van der Waals surface area contributed by atoms with Crippen molar-refractivity contribution in [3.63, 3.8) is 0 Å². The fraction of sp³-hybridized carbons (Fsp3) is 0.238. The number of anilines is 1. The summed E-state index contributed by atoms with van der Waals surface area (Å²) < 4.78 is 13.1. The van der Waals surface area contributed by atoms with Crippen molar-refractivity contribution in [3.05, 3.63) is 59.7 Å². The molecule has 1 aliphatic heterocycles. The molecule has 2 heterocycles. The maximum Gasteiger partial charge on any atom is 0.305 e. The summed E-state index contributed by atoms with van der Waals surface area (Å²) in [6.45, 7) is 0.856. The van der Waals surface area contributed by atoms with Crippen LogP contribution in [0.5, 0.6) is 0 Å². The fourth-order valence-corrected chi connectivity index (χ4v) is 4.44. The molecule has 1 aliphatic rings. The molecule has 4 rings (SSSR count). The average Bonchev–Trinajstić information content (AvgIpc) is 3.31. The van der Waals surface area contributed by atoms with E-state index in [0.717, 1.165) is 46.9 Å². The SMILES string of the molecule is O=C(O)CC1CCCN1c1nc(-c2ccc(-c3ccc(F)cc3)cc2)cs1. The van der Waals surface area contributed by atoms with Crippen LogP contribution < -0.4 is 4.90 Å². The molecule has 0 spiro atoms. The number of aromatic nitrogens is 1. The van der Waals surface area contributed by atoms with Gasteiger partial charge in [-0.3, -0.25) is 4.79 Å². The normalized spacial score (nSPS) is 16.6. The molecular weight excluding hydrogens is 363 g/mol. The summed E-state index contributed by atoms with van der Waals surface area (Å²) >= 11 is 1.55. The van der Waals surface area contributed by atoms with Crippen molar-refractivity contribution < 1.29 is 14.3 Å². The molecule has 6 heteroatoms. The largest absolute Gasteiger partial charge is 0.481 e. The average molecular weight is 382 g/mol. The van der Waals surface area contributed by atoms with E-state index in [9.17, 15) is 9.18 Å². The Morgan fingerprint density at radius 3 is 2.41 bits per heavy atom. The lowest BCUT2D eigenvalue weighted by Crippen LogP contribution is -2.31. The third-order valence-corrected chi connectivity index (χ3v) is 5.76. The molecule has 3 aromatic rings. The maximum absolute atomic E-state index is 13.1. The zero-order chi connectivity index (χ0) is 18.8. The van der Waals surface area contributed by atoms with Crippen LogP contribution in [0.1, 0.15) is 19.3 Å². The van der Waals surface area contributed by atoms with Crippen LogP contribution in [0.3, 0.4) is 0 Å². The second-order valence-corrected chi connectivity index (χ2v) is 7.52. The molecular formula is C21H19FN2O2S. The first-order valence-corrected chi connectivity index (χ1v) is 9.78. The molecule has 0 amide bonds. The molecule has 2 aromatic carbocycles. The highest BCUT2D eigenvalue weighted by Gasteiger charge is 2.28. The van der Waals surface area contributed by atoms with Crippen LogP contribution in [0.25, 0.3) is 22.4 Å². The molecule has 0 bridgehead atoms. The van der Waals surface area contributed by atoms with Crippen molar-refractivity contribution >= 4 is 22.4 Å². The third-order valence-electron chi connectivity index (χ3n) is 4.88. The van der Waals surface area contributed by atoms with Crippen LogP contribution in [0.4, 0.5) is 9.52 Å². The number of carbonyl (C=O) groups is 1. The molecule has 0 radical (unpaired) electrons. The molecule has 1 N–H and O–H groups in total. The highest BCUT2D eigenvalue weighted by atomic mass is 32.1. The monoisotopic (exact) mass is 382 g/mol. The summed E-state index contributed by atoms with van der Waals surface area (Å²) in [7, 11) is 0. The zero-order valence-electron chi connectivity index (χ0n) is 14.6. The summed E-state index contributed by atoms with van der Waals surface area (Å²) in [5, 5.41) is 12.0. The van der Waals surface area contributed by atoms with Crippen molar-refractivity contribution in [3.8, 4) is 22.4 Å². The smallest absolute Gasteiger partial charge is 0.305 e. The summed E-state index contributed by atoms with van der Waals surface area (Å²) in [5.74, 6) is -1.01. The van der Waals surface area contributed by atoms with Crippen molar-refractivity contribution in [2.45, 2.75) is 25.3 Å². The number of hydrogen-bond acceptors (Lipinski definition) is 4. The molecule has 1 aromatic heterocycles. The summed E-state index contributed by atoms with van der Waals surface area (Å²) in [5.41, 5.74) is 3.89. The van der Waals surface area contributed by atoms with Gasteiger partial charge in [0.2, 0.25) is 0 Å². The van der Waals surface area contributed by atoms with E-state index in [1.807, 2.05) is 29.6 Å². The zero-order valence-corrected chi connectivity index (χ0v) is 15.5. The number of benzene rings is 2. The maximum atomic E-state index is 13.1. The topological polar surface area (TPSA) is 53.4 Å². The van der Waals surface area contributed by atoms with E-state index in [2.05, 4.69) is 4.90 Å². The molecule has 1 fully saturated rings. The standard InChI is InChI=1S/C21H19FN2O2S/c22-17-9-7-15(8-10-17)14-3-5-16(6-4-14)19-13-27-21(23-19)24-11-1-2-18(24)12-20(25)26/h3-10,13,18H,1-2,11-12H2,(H,25,26). The minimum atomic E-state index is -0.764. The Kier molecular flexibility index (Phi) is 4.90. The highest BCUT2D eigenvalue weighted by molar-refractivity contribution is 7.14. The van der Waals surface area contributed by atoms with Gasteiger partial charge in [-0.1, -0.05) is 36.4 Å². The lowest BCUT2D eigenvalue weighted by molar-refractivity contribution is -0.137. The number of carboxylic acid groups (broad SMARTS) is 1. The summed E-state index contributed by atoms with van der Waals surface area (Å²) in [6, 6.07) is 14.5. The van der Waals surface area contributed by atoms with Gasteiger partial charge in [0, 0.05) is 23.5 Å².